The molecule has 0 aliphatic carbocycles. The first-order valence-corrected chi connectivity index (χ1v) is 12.4. The predicted molar refractivity (Wildman–Crippen MR) is 151 cm³/mol. The van der Waals surface area contributed by atoms with Gasteiger partial charge in [0.15, 0.2) is 0 Å². The van der Waals surface area contributed by atoms with Gasteiger partial charge in [0.25, 0.3) is 0 Å². The van der Waals surface area contributed by atoms with E-state index in [1.54, 1.807) is 42.0 Å². The minimum atomic E-state index is -0.392. The summed E-state index contributed by atoms with van der Waals surface area (Å²) in [6, 6.07) is 10.3. The van der Waals surface area contributed by atoms with Crippen LogP contribution in [0.5, 0.6) is 5.75 Å². The molecule has 0 saturated heterocycles. The molecule has 0 aliphatic heterocycles. The Morgan fingerprint density at radius 1 is 0.950 bits per heavy atom. The summed E-state index contributed by atoms with van der Waals surface area (Å²) in [5, 5.41) is 12.2. The van der Waals surface area contributed by atoms with Crippen LogP contribution in [0.2, 0.25) is 0 Å². The highest BCUT2D eigenvalue weighted by molar-refractivity contribution is 6.01. The lowest BCUT2D eigenvalue weighted by Crippen LogP contribution is -2.27. The van der Waals surface area contributed by atoms with Crippen LogP contribution < -0.4 is 10.1 Å². The van der Waals surface area contributed by atoms with Gasteiger partial charge < -0.3 is 19.9 Å². The van der Waals surface area contributed by atoms with Crippen molar-refractivity contribution in [1.82, 2.24) is 35.0 Å². The maximum absolute atomic E-state index is 14.3. The zero-order valence-corrected chi connectivity index (χ0v) is 22.0. The van der Waals surface area contributed by atoms with E-state index in [9.17, 15) is 9.18 Å². The molecule has 6 rings (SSSR count). The van der Waals surface area contributed by atoms with Crippen LogP contribution in [0.15, 0.2) is 67.4 Å². The molecule has 1 amide bonds. The number of benzene rings is 1. The standard InChI is InChI=1S/C29H25FN8O2/c1-38(2)15-28(39)34-19-5-17(10-31-11-19)24-9-22-27(14-33-24)36-37-29(22)25-8-21-23(12-32-13-26(21)35-25)16-4-18(30)7-20(6-16)40-3/h4-14,35H,15H2,1-3H3,(H,34,39)(H,36,37). The molecule has 0 bridgehead atoms. The molecule has 5 heterocycles. The molecule has 3 N–H and O–H groups in total. The highest BCUT2D eigenvalue weighted by atomic mass is 19.1. The van der Waals surface area contributed by atoms with Gasteiger partial charge in [-0.25, -0.2) is 4.39 Å². The molecule has 6 aromatic rings. The van der Waals surface area contributed by atoms with Gasteiger partial charge in [-0.2, -0.15) is 5.10 Å². The highest BCUT2D eigenvalue weighted by Gasteiger charge is 2.16. The van der Waals surface area contributed by atoms with Crippen molar-refractivity contribution in [2.45, 2.75) is 0 Å². The minimum Gasteiger partial charge on any atom is -0.497 e. The molecule has 0 fully saturated rings. The van der Waals surface area contributed by atoms with Gasteiger partial charge in [0.05, 0.1) is 60.4 Å². The van der Waals surface area contributed by atoms with E-state index in [0.29, 0.717) is 28.4 Å². The van der Waals surface area contributed by atoms with E-state index in [1.165, 1.54) is 19.2 Å². The first-order valence-electron chi connectivity index (χ1n) is 12.4. The number of methoxy groups -OCH3 is 1. The molecule has 0 radical (unpaired) electrons. The monoisotopic (exact) mass is 536 g/mol. The Morgan fingerprint density at radius 3 is 2.62 bits per heavy atom. The number of aromatic nitrogens is 6. The lowest BCUT2D eigenvalue weighted by atomic mass is 10.0. The van der Waals surface area contributed by atoms with E-state index in [1.807, 2.05) is 32.3 Å². The lowest BCUT2D eigenvalue weighted by molar-refractivity contribution is -0.116. The maximum atomic E-state index is 14.3. The van der Waals surface area contributed by atoms with Gasteiger partial charge in [0, 0.05) is 40.4 Å². The van der Waals surface area contributed by atoms with Crippen LogP contribution in [0.4, 0.5) is 10.1 Å². The zero-order valence-electron chi connectivity index (χ0n) is 22.0. The summed E-state index contributed by atoms with van der Waals surface area (Å²) in [6.07, 6.45) is 8.44. The zero-order chi connectivity index (χ0) is 27.8. The number of hydrogen-bond donors (Lipinski definition) is 3. The molecule has 40 heavy (non-hydrogen) atoms. The largest absolute Gasteiger partial charge is 0.497 e. The van der Waals surface area contributed by atoms with Crippen molar-refractivity contribution in [2.24, 2.45) is 0 Å². The number of halogens is 1. The fourth-order valence-corrected chi connectivity index (χ4v) is 4.66. The number of aromatic amines is 2. The van der Waals surface area contributed by atoms with Crippen molar-refractivity contribution in [3.8, 4) is 39.5 Å². The van der Waals surface area contributed by atoms with E-state index < -0.39 is 5.82 Å². The number of amides is 1. The minimum absolute atomic E-state index is 0.131. The van der Waals surface area contributed by atoms with Gasteiger partial charge in [0.2, 0.25) is 5.91 Å². The number of fused-ring (bicyclic) bond motifs is 2. The SMILES string of the molecule is COc1cc(F)cc(-c2cncc3[nH]c(-c4n[nH]c5cnc(-c6cncc(NC(=O)CN(C)C)c6)cc45)cc23)c1. The summed E-state index contributed by atoms with van der Waals surface area (Å²) in [5.41, 5.74) is 6.43. The van der Waals surface area contributed by atoms with Gasteiger partial charge in [-0.3, -0.25) is 24.8 Å². The van der Waals surface area contributed by atoms with Crippen molar-refractivity contribution in [3.63, 3.8) is 0 Å². The van der Waals surface area contributed by atoms with Crippen molar-refractivity contribution >= 4 is 33.4 Å². The third kappa shape index (κ3) is 4.85. The van der Waals surface area contributed by atoms with Crippen LogP contribution in [0.25, 0.3) is 55.6 Å². The van der Waals surface area contributed by atoms with E-state index in [0.717, 1.165) is 38.6 Å². The Morgan fingerprint density at radius 2 is 1.80 bits per heavy atom. The summed E-state index contributed by atoms with van der Waals surface area (Å²) < 4.78 is 19.5. The smallest absolute Gasteiger partial charge is 0.238 e. The number of nitrogens with zero attached hydrogens (tertiary/aromatic N) is 5. The molecule has 200 valence electrons. The second kappa shape index (κ2) is 10.2. The summed E-state index contributed by atoms with van der Waals surface area (Å²) in [5.74, 6) is -0.0954. The first kappa shape index (κ1) is 25.1. The summed E-state index contributed by atoms with van der Waals surface area (Å²) in [4.78, 5) is 30.6. The Balaban J connectivity index is 1.38. The molecule has 11 heteroatoms. The molecule has 0 unspecified atom stereocenters. The number of likely N-dealkylation sites (N-methyl/N-ethyl adjacent to an activating group) is 1. The summed E-state index contributed by atoms with van der Waals surface area (Å²) >= 11 is 0. The average Bonchev–Trinajstić information content (AvgIpc) is 3.56. The molecule has 0 saturated carbocycles. The van der Waals surface area contributed by atoms with Crippen LogP contribution in [-0.2, 0) is 4.79 Å². The molecule has 0 atom stereocenters. The fourth-order valence-electron chi connectivity index (χ4n) is 4.66. The van der Waals surface area contributed by atoms with E-state index in [2.05, 4.69) is 35.5 Å². The summed E-state index contributed by atoms with van der Waals surface area (Å²) in [6.45, 7) is 0.265. The third-order valence-corrected chi connectivity index (χ3v) is 6.44. The third-order valence-electron chi connectivity index (χ3n) is 6.44. The molecule has 1 aromatic carbocycles. The highest BCUT2D eigenvalue weighted by Crippen LogP contribution is 2.35. The van der Waals surface area contributed by atoms with Gasteiger partial charge in [-0.1, -0.05) is 0 Å². The second-order valence-corrected chi connectivity index (χ2v) is 9.65. The summed E-state index contributed by atoms with van der Waals surface area (Å²) in [7, 11) is 5.17. The normalized spacial score (nSPS) is 11.4. The van der Waals surface area contributed by atoms with Gasteiger partial charge in [-0.15, -0.1) is 0 Å². The van der Waals surface area contributed by atoms with Gasteiger partial charge >= 0.3 is 0 Å². The average molecular weight is 537 g/mol. The Labute approximate surface area is 228 Å². The van der Waals surface area contributed by atoms with Crippen molar-refractivity contribution in [1.29, 1.82) is 0 Å². The van der Waals surface area contributed by atoms with Crippen LogP contribution in [0.3, 0.4) is 0 Å². The fraction of sp³-hybridized carbons (Fsp3) is 0.138. The molecule has 10 nitrogen and oxygen atoms in total. The number of hydrogen-bond acceptors (Lipinski definition) is 7. The number of carbonyl (C=O) groups is 1. The number of H-pyrrole nitrogens is 2. The van der Waals surface area contributed by atoms with Crippen LogP contribution in [0, 0.1) is 5.82 Å². The van der Waals surface area contributed by atoms with Crippen LogP contribution in [-0.4, -0.2) is 68.7 Å². The molecule has 5 aromatic heterocycles. The number of nitrogens with one attached hydrogen (secondary N) is 3. The van der Waals surface area contributed by atoms with Crippen LogP contribution in [0.1, 0.15) is 0 Å². The predicted octanol–water partition coefficient (Wildman–Crippen LogP) is 4.88. The lowest BCUT2D eigenvalue weighted by Gasteiger charge is -2.10. The first-order chi connectivity index (χ1) is 19.4. The van der Waals surface area contributed by atoms with Crippen molar-refractivity contribution in [3.05, 3.63) is 73.2 Å². The van der Waals surface area contributed by atoms with Gasteiger partial charge in [0.1, 0.15) is 17.3 Å². The molecular weight excluding hydrogens is 511 g/mol. The van der Waals surface area contributed by atoms with E-state index >= 15 is 0 Å². The van der Waals surface area contributed by atoms with Crippen molar-refractivity contribution < 1.29 is 13.9 Å². The number of anilines is 1. The molecule has 0 spiro atoms. The number of carbonyl (C=O) groups excluding carboxylic acids is 1. The molecule has 0 aliphatic rings. The number of pyridine rings is 3. The maximum Gasteiger partial charge on any atom is 0.238 e. The number of rotatable bonds is 7. The Hall–Kier alpha value is -5.16. The van der Waals surface area contributed by atoms with Crippen molar-refractivity contribution in [2.75, 3.05) is 33.1 Å². The van der Waals surface area contributed by atoms with Crippen LogP contribution >= 0.6 is 0 Å². The Bertz CT molecular complexity index is 1880. The second-order valence-electron chi connectivity index (χ2n) is 9.65. The Kier molecular flexibility index (Phi) is 6.40. The quantitative estimate of drug-likeness (QED) is 0.266. The van der Waals surface area contributed by atoms with E-state index in [-0.39, 0.29) is 12.5 Å². The molecular formula is C29H25FN8O2. The van der Waals surface area contributed by atoms with Gasteiger partial charge in [-0.05, 0) is 50.0 Å². The number of ether oxygens (including phenoxy) is 1. The van der Waals surface area contributed by atoms with E-state index in [4.69, 9.17) is 4.74 Å². The topological polar surface area (TPSA) is 125 Å².